The highest BCUT2D eigenvalue weighted by Crippen LogP contribution is 2.29. The van der Waals surface area contributed by atoms with Gasteiger partial charge in [0.15, 0.2) is 0 Å². The van der Waals surface area contributed by atoms with Gasteiger partial charge < -0.3 is 5.73 Å². The molecule has 1 atom stereocenters. The molecule has 1 aromatic heterocycles. The highest BCUT2D eigenvalue weighted by molar-refractivity contribution is 7.12. The third-order valence-electron chi connectivity index (χ3n) is 3.02. The first-order valence-electron chi connectivity index (χ1n) is 5.74. The molecule has 1 unspecified atom stereocenters. The largest absolute Gasteiger partial charge is 0.323 e. The Bertz CT molecular complexity index is 545. The lowest BCUT2D eigenvalue weighted by molar-refractivity contribution is 0.623. The third-order valence-corrected chi connectivity index (χ3v) is 4.73. The maximum absolute atomic E-state index is 13.3. The highest BCUT2D eigenvalue weighted by atomic mass is 35.5. The van der Waals surface area contributed by atoms with Crippen molar-refractivity contribution in [2.24, 2.45) is 5.73 Å². The van der Waals surface area contributed by atoms with Gasteiger partial charge in [0.2, 0.25) is 0 Å². The van der Waals surface area contributed by atoms with Crippen molar-refractivity contribution in [1.82, 2.24) is 0 Å². The summed E-state index contributed by atoms with van der Waals surface area (Å²) in [5.41, 5.74) is 8.16. The molecule has 2 N–H and O–H groups in total. The summed E-state index contributed by atoms with van der Waals surface area (Å²) in [6.07, 6.45) is 0.552. The van der Waals surface area contributed by atoms with Gasteiger partial charge in [-0.1, -0.05) is 23.7 Å². The van der Waals surface area contributed by atoms with E-state index in [-0.39, 0.29) is 16.9 Å². The molecule has 0 radical (unpaired) electrons. The standard InChI is InChI=1S/C14H15ClFNS/c1-8-6-13(18-9(8)2)12(17)7-10-4-3-5-11(16)14(10)15/h3-6,12H,7,17H2,1-2H3. The minimum Gasteiger partial charge on any atom is -0.323 e. The van der Waals surface area contributed by atoms with Gasteiger partial charge in [0, 0.05) is 15.8 Å². The summed E-state index contributed by atoms with van der Waals surface area (Å²) in [6.45, 7) is 4.14. The van der Waals surface area contributed by atoms with Crippen molar-refractivity contribution in [3.8, 4) is 0 Å². The number of aryl methyl sites for hydroxylation is 2. The second-order valence-corrected chi connectivity index (χ2v) is 6.08. The summed E-state index contributed by atoms with van der Waals surface area (Å²) < 4.78 is 13.3. The van der Waals surface area contributed by atoms with Crippen molar-refractivity contribution in [3.05, 3.63) is 56.0 Å². The molecular formula is C14H15ClFNS. The first-order chi connectivity index (χ1) is 8.49. The van der Waals surface area contributed by atoms with Crippen LogP contribution in [0.4, 0.5) is 4.39 Å². The minimum atomic E-state index is -0.389. The summed E-state index contributed by atoms with van der Waals surface area (Å²) in [7, 11) is 0. The van der Waals surface area contributed by atoms with Crippen LogP contribution in [-0.4, -0.2) is 0 Å². The van der Waals surface area contributed by atoms with Crippen LogP contribution in [0.2, 0.25) is 5.02 Å². The number of hydrogen-bond acceptors (Lipinski definition) is 2. The molecule has 96 valence electrons. The molecule has 18 heavy (non-hydrogen) atoms. The summed E-state index contributed by atoms with van der Waals surface area (Å²) >= 11 is 7.62. The van der Waals surface area contributed by atoms with E-state index in [1.54, 1.807) is 17.4 Å². The fourth-order valence-electron chi connectivity index (χ4n) is 1.83. The first kappa shape index (κ1) is 13.5. The number of rotatable bonds is 3. The number of nitrogens with two attached hydrogens (primary N) is 1. The van der Waals surface area contributed by atoms with Crippen LogP contribution < -0.4 is 5.73 Å². The molecule has 0 aliphatic heterocycles. The average Bonchev–Trinajstić information content (AvgIpc) is 2.66. The van der Waals surface area contributed by atoms with E-state index in [4.69, 9.17) is 17.3 Å². The summed E-state index contributed by atoms with van der Waals surface area (Å²) in [4.78, 5) is 2.39. The summed E-state index contributed by atoms with van der Waals surface area (Å²) in [5, 5.41) is 0.179. The van der Waals surface area contributed by atoms with Crippen molar-refractivity contribution in [2.45, 2.75) is 26.3 Å². The molecule has 0 amide bonds. The lowest BCUT2D eigenvalue weighted by Crippen LogP contribution is -2.12. The van der Waals surface area contributed by atoms with Crippen LogP contribution in [0.25, 0.3) is 0 Å². The van der Waals surface area contributed by atoms with Crippen molar-refractivity contribution in [3.63, 3.8) is 0 Å². The van der Waals surface area contributed by atoms with Gasteiger partial charge in [-0.2, -0.15) is 0 Å². The molecule has 1 aromatic carbocycles. The Kier molecular flexibility index (Phi) is 4.05. The Morgan fingerprint density at radius 2 is 2.11 bits per heavy atom. The Balaban J connectivity index is 2.21. The van der Waals surface area contributed by atoms with Crippen molar-refractivity contribution >= 4 is 22.9 Å². The van der Waals surface area contributed by atoms with Crippen LogP contribution >= 0.6 is 22.9 Å². The minimum absolute atomic E-state index is 0.137. The molecule has 0 fully saturated rings. The molecule has 0 saturated heterocycles. The van der Waals surface area contributed by atoms with E-state index in [0.717, 1.165) is 10.4 Å². The lowest BCUT2D eigenvalue weighted by Gasteiger charge is -2.11. The molecule has 1 heterocycles. The van der Waals surface area contributed by atoms with Gasteiger partial charge in [-0.05, 0) is 43.5 Å². The van der Waals surface area contributed by atoms with Gasteiger partial charge in [-0.3, -0.25) is 0 Å². The smallest absolute Gasteiger partial charge is 0.142 e. The predicted molar refractivity (Wildman–Crippen MR) is 75.8 cm³/mol. The number of thiophene rings is 1. The van der Waals surface area contributed by atoms with E-state index < -0.39 is 0 Å². The molecule has 0 saturated carbocycles. The zero-order chi connectivity index (χ0) is 13.3. The molecule has 2 rings (SSSR count). The summed E-state index contributed by atoms with van der Waals surface area (Å²) in [6, 6.07) is 6.79. The highest BCUT2D eigenvalue weighted by Gasteiger charge is 2.14. The topological polar surface area (TPSA) is 26.0 Å². The van der Waals surface area contributed by atoms with E-state index in [0.29, 0.717) is 6.42 Å². The van der Waals surface area contributed by atoms with Gasteiger partial charge in [-0.15, -0.1) is 11.3 Å². The van der Waals surface area contributed by atoms with Crippen molar-refractivity contribution in [1.29, 1.82) is 0 Å². The fraction of sp³-hybridized carbons (Fsp3) is 0.286. The van der Waals surface area contributed by atoms with Crippen LogP contribution in [0.3, 0.4) is 0 Å². The fourth-order valence-corrected chi connectivity index (χ4v) is 3.08. The second-order valence-electron chi connectivity index (χ2n) is 4.41. The Labute approximate surface area is 115 Å². The zero-order valence-corrected chi connectivity index (χ0v) is 11.9. The average molecular weight is 284 g/mol. The third kappa shape index (κ3) is 2.74. The lowest BCUT2D eigenvalue weighted by atomic mass is 10.0. The summed E-state index contributed by atoms with van der Waals surface area (Å²) in [5.74, 6) is -0.389. The predicted octanol–water partition coefficient (Wildman–Crippen LogP) is 4.40. The maximum Gasteiger partial charge on any atom is 0.142 e. The Morgan fingerprint density at radius 1 is 1.39 bits per heavy atom. The Morgan fingerprint density at radius 3 is 2.72 bits per heavy atom. The van der Waals surface area contributed by atoms with E-state index in [9.17, 15) is 4.39 Å². The molecular weight excluding hydrogens is 269 g/mol. The number of benzene rings is 1. The monoisotopic (exact) mass is 283 g/mol. The molecule has 1 nitrogen and oxygen atoms in total. The molecule has 4 heteroatoms. The second kappa shape index (κ2) is 5.39. The van der Waals surface area contributed by atoms with E-state index in [1.165, 1.54) is 16.5 Å². The van der Waals surface area contributed by atoms with Gasteiger partial charge in [0.05, 0.1) is 5.02 Å². The van der Waals surface area contributed by atoms with Gasteiger partial charge in [0.25, 0.3) is 0 Å². The van der Waals surface area contributed by atoms with Crippen LogP contribution in [0, 0.1) is 19.7 Å². The van der Waals surface area contributed by atoms with E-state index >= 15 is 0 Å². The number of halogens is 2. The van der Waals surface area contributed by atoms with E-state index in [2.05, 4.69) is 19.9 Å². The molecule has 0 aliphatic rings. The van der Waals surface area contributed by atoms with Gasteiger partial charge in [0.1, 0.15) is 5.82 Å². The van der Waals surface area contributed by atoms with Gasteiger partial charge in [-0.25, -0.2) is 4.39 Å². The molecule has 0 aliphatic carbocycles. The zero-order valence-electron chi connectivity index (χ0n) is 10.3. The van der Waals surface area contributed by atoms with Crippen molar-refractivity contribution in [2.75, 3.05) is 0 Å². The van der Waals surface area contributed by atoms with Crippen LogP contribution in [0.1, 0.15) is 26.9 Å². The quantitative estimate of drug-likeness (QED) is 0.888. The molecule has 0 spiro atoms. The van der Waals surface area contributed by atoms with E-state index in [1.807, 2.05) is 6.07 Å². The first-order valence-corrected chi connectivity index (χ1v) is 6.94. The van der Waals surface area contributed by atoms with Crippen LogP contribution in [0.5, 0.6) is 0 Å². The van der Waals surface area contributed by atoms with Crippen LogP contribution in [0.15, 0.2) is 24.3 Å². The molecule has 0 bridgehead atoms. The maximum atomic E-state index is 13.3. The number of hydrogen-bond donors (Lipinski definition) is 1. The van der Waals surface area contributed by atoms with Gasteiger partial charge >= 0.3 is 0 Å². The Hall–Kier alpha value is -0.900. The normalized spacial score (nSPS) is 12.7. The molecule has 2 aromatic rings. The van der Waals surface area contributed by atoms with Crippen LogP contribution in [-0.2, 0) is 6.42 Å². The SMILES string of the molecule is Cc1cc(C(N)Cc2cccc(F)c2Cl)sc1C. The van der Waals surface area contributed by atoms with Crippen molar-refractivity contribution < 1.29 is 4.39 Å².